The number of guanidine groups is 1. The highest BCUT2D eigenvalue weighted by Crippen LogP contribution is 2.08. The molecule has 134 valence electrons. The van der Waals surface area contributed by atoms with E-state index in [4.69, 9.17) is 4.74 Å². The molecule has 0 radical (unpaired) electrons. The molecule has 2 N–H and O–H groups in total. The van der Waals surface area contributed by atoms with Crippen molar-refractivity contribution in [2.24, 2.45) is 4.99 Å². The van der Waals surface area contributed by atoms with Gasteiger partial charge in [0.2, 0.25) is 0 Å². The van der Waals surface area contributed by atoms with E-state index in [0.29, 0.717) is 19.7 Å². The minimum absolute atomic E-state index is 0.566. The number of nitrogens with one attached hydrogen (secondary N) is 2. The summed E-state index contributed by atoms with van der Waals surface area (Å²) in [7, 11) is 1.75. The van der Waals surface area contributed by atoms with Crippen molar-refractivity contribution in [1.29, 1.82) is 0 Å². The zero-order valence-corrected chi connectivity index (χ0v) is 14.8. The van der Waals surface area contributed by atoms with E-state index in [1.807, 2.05) is 77.7 Å². The van der Waals surface area contributed by atoms with Gasteiger partial charge in [0.15, 0.2) is 5.96 Å². The van der Waals surface area contributed by atoms with Gasteiger partial charge in [-0.05, 0) is 24.3 Å². The number of para-hydroxylation sites is 2. The summed E-state index contributed by atoms with van der Waals surface area (Å²) in [5.41, 5.74) is 2.12. The van der Waals surface area contributed by atoms with Crippen molar-refractivity contribution in [3.63, 3.8) is 0 Å². The topological polar surface area (TPSA) is 63.5 Å². The molecule has 3 aromatic rings. The summed E-state index contributed by atoms with van der Waals surface area (Å²) in [5, 5.41) is 10.9. The molecule has 6 heteroatoms. The summed E-state index contributed by atoms with van der Waals surface area (Å²) in [6, 6.07) is 19.8. The van der Waals surface area contributed by atoms with Crippen molar-refractivity contribution in [2.75, 3.05) is 20.2 Å². The lowest BCUT2D eigenvalue weighted by Crippen LogP contribution is -2.38. The summed E-state index contributed by atoms with van der Waals surface area (Å²) in [5.74, 6) is 1.60. The van der Waals surface area contributed by atoms with Crippen LogP contribution in [0, 0.1) is 0 Å². The zero-order chi connectivity index (χ0) is 18.0. The Kier molecular flexibility index (Phi) is 6.25. The maximum atomic E-state index is 5.66. The van der Waals surface area contributed by atoms with E-state index < -0.39 is 0 Å². The number of hydrogen-bond donors (Lipinski definition) is 2. The fourth-order valence-corrected chi connectivity index (χ4v) is 2.43. The van der Waals surface area contributed by atoms with Gasteiger partial charge in [-0.1, -0.05) is 36.4 Å². The van der Waals surface area contributed by atoms with Crippen LogP contribution in [0.3, 0.4) is 0 Å². The van der Waals surface area contributed by atoms with Gasteiger partial charge in [-0.2, -0.15) is 5.10 Å². The van der Waals surface area contributed by atoms with E-state index >= 15 is 0 Å². The van der Waals surface area contributed by atoms with E-state index in [1.165, 1.54) is 0 Å². The number of nitrogens with zero attached hydrogens (tertiary/aromatic N) is 3. The lowest BCUT2D eigenvalue weighted by molar-refractivity contribution is 0.322. The van der Waals surface area contributed by atoms with E-state index in [2.05, 4.69) is 20.7 Å². The molecule has 26 heavy (non-hydrogen) atoms. The van der Waals surface area contributed by atoms with Gasteiger partial charge in [-0.25, -0.2) is 4.68 Å². The van der Waals surface area contributed by atoms with Crippen LogP contribution in [0.25, 0.3) is 5.69 Å². The Balaban J connectivity index is 1.42. The highest BCUT2D eigenvalue weighted by atomic mass is 16.5. The second kappa shape index (κ2) is 9.27. The third-order valence-electron chi connectivity index (χ3n) is 3.75. The summed E-state index contributed by atoms with van der Waals surface area (Å²) in [6.45, 7) is 1.88. The van der Waals surface area contributed by atoms with Gasteiger partial charge in [-0.15, -0.1) is 0 Å². The average molecular weight is 349 g/mol. The molecule has 0 aliphatic carbocycles. The molecule has 6 nitrogen and oxygen atoms in total. The van der Waals surface area contributed by atoms with Crippen molar-refractivity contribution in [3.8, 4) is 11.4 Å². The Labute approximate surface area is 153 Å². The van der Waals surface area contributed by atoms with Gasteiger partial charge < -0.3 is 15.4 Å². The molecule has 0 unspecified atom stereocenters. The molecule has 0 amide bonds. The molecule has 1 aromatic heterocycles. The lowest BCUT2D eigenvalue weighted by Gasteiger charge is -2.12. The maximum Gasteiger partial charge on any atom is 0.191 e. The summed E-state index contributed by atoms with van der Waals surface area (Å²) < 4.78 is 7.52. The maximum absolute atomic E-state index is 5.66. The third-order valence-corrected chi connectivity index (χ3v) is 3.75. The number of hydrogen-bond acceptors (Lipinski definition) is 3. The molecule has 0 aliphatic heterocycles. The van der Waals surface area contributed by atoms with E-state index in [1.54, 1.807) is 7.05 Å². The van der Waals surface area contributed by atoms with Crippen LogP contribution in [0.1, 0.15) is 5.56 Å². The van der Waals surface area contributed by atoms with Crippen molar-refractivity contribution >= 4 is 5.96 Å². The van der Waals surface area contributed by atoms with Crippen molar-refractivity contribution < 1.29 is 4.74 Å². The smallest absolute Gasteiger partial charge is 0.191 e. The minimum atomic E-state index is 0.566. The van der Waals surface area contributed by atoms with Crippen molar-refractivity contribution in [2.45, 2.75) is 6.54 Å². The normalized spacial score (nSPS) is 11.2. The summed E-state index contributed by atoms with van der Waals surface area (Å²) in [4.78, 5) is 4.22. The predicted octanol–water partition coefficient (Wildman–Crippen LogP) is 2.62. The van der Waals surface area contributed by atoms with Gasteiger partial charge >= 0.3 is 0 Å². The van der Waals surface area contributed by atoms with Gasteiger partial charge in [-0.3, -0.25) is 4.99 Å². The Morgan fingerprint density at radius 2 is 1.77 bits per heavy atom. The first kappa shape index (κ1) is 17.5. The first-order valence-corrected chi connectivity index (χ1v) is 8.56. The first-order chi connectivity index (χ1) is 12.8. The second-order valence-corrected chi connectivity index (χ2v) is 5.64. The first-order valence-electron chi connectivity index (χ1n) is 8.56. The molecule has 0 aliphatic rings. The van der Waals surface area contributed by atoms with Crippen LogP contribution in [0.2, 0.25) is 0 Å². The Morgan fingerprint density at radius 1 is 1.04 bits per heavy atom. The van der Waals surface area contributed by atoms with Crippen molar-refractivity contribution in [3.05, 3.63) is 78.6 Å². The molecule has 1 heterocycles. The molecule has 0 bridgehead atoms. The predicted molar refractivity (Wildman–Crippen MR) is 104 cm³/mol. The highest BCUT2D eigenvalue weighted by molar-refractivity contribution is 5.79. The fraction of sp³-hybridized carbons (Fsp3) is 0.200. The SMILES string of the molecule is CN=C(NCCOc1ccccc1)NCc1cnn(-c2ccccc2)c1. The second-order valence-electron chi connectivity index (χ2n) is 5.64. The van der Waals surface area contributed by atoms with Gasteiger partial charge in [0.05, 0.1) is 18.4 Å². The largest absolute Gasteiger partial charge is 0.492 e. The molecule has 0 spiro atoms. The average Bonchev–Trinajstić information content (AvgIpc) is 3.18. The summed E-state index contributed by atoms with van der Waals surface area (Å²) in [6.07, 6.45) is 3.86. The fourth-order valence-electron chi connectivity index (χ4n) is 2.43. The molecule has 2 aromatic carbocycles. The molecule has 0 atom stereocenters. The molecule has 0 saturated carbocycles. The Morgan fingerprint density at radius 3 is 2.50 bits per heavy atom. The van der Waals surface area contributed by atoms with Crippen LogP contribution < -0.4 is 15.4 Å². The van der Waals surface area contributed by atoms with E-state index in [-0.39, 0.29) is 0 Å². The van der Waals surface area contributed by atoms with Crippen LogP contribution in [0.4, 0.5) is 0 Å². The number of aromatic nitrogens is 2. The van der Waals surface area contributed by atoms with Crippen LogP contribution in [0.15, 0.2) is 78.0 Å². The minimum Gasteiger partial charge on any atom is -0.492 e. The standard InChI is InChI=1S/C20H23N5O/c1-21-20(22-12-13-26-19-10-6-3-7-11-19)23-14-17-15-24-25(16-17)18-8-4-2-5-9-18/h2-11,15-16H,12-14H2,1H3,(H2,21,22,23). The molecular weight excluding hydrogens is 326 g/mol. The van der Waals surface area contributed by atoms with Crippen LogP contribution >= 0.6 is 0 Å². The lowest BCUT2D eigenvalue weighted by atomic mass is 10.3. The zero-order valence-electron chi connectivity index (χ0n) is 14.8. The number of aliphatic imine (C=N–C) groups is 1. The van der Waals surface area contributed by atoms with Gasteiger partial charge in [0.1, 0.15) is 12.4 Å². The van der Waals surface area contributed by atoms with E-state index in [9.17, 15) is 0 Å². The van der Waals surface area contributed by atoms with Crippen LogP contribution in [-0.4, -0.2) is 35.9 Å². The molecule has 3 rings (SSSR count). The molecular formula is C20H23N5O. The van der Waals surface area contributed by atoms with Crippen molar-refractivity contribution in [1.82, 2.24) is 20.4 Å². The number of rotatable bonds is 7. The van der Waals surface area contributed by atoms with Crippen LogP contribution in [-0.2, 0) is 6.54 Å². The summed E-state index contributed by atoms with van der Waals surface area (Å²) >= 11 is 0. The Hall–Kier alpha value is -3.28. The van der Waals surface area contributed by atoms with Gasteiger partial charge in [0.25, 0.3) is 0 Å². The monoisotopic (exact) mass is 349 g/mol. The quantitative estimate of drug-likeness (QED) is 0.391. The third kappa shape index (κ3) is 5.11. The Bertz CT molecular complexity index is 814. The van der Waals surface area contributed by atoms with Crippen LogP contribution in [0.5, 0.6) is 5.75 Å². The number of ether oxygens (including phenoxy) is 1. The number of benzene rings is 2. The van der Waals surface area contributed by atoms with E-state index in [0.717, 1.165) is 23.0 Å². The molecule has 0 fully saturated rings. The molecule has 0 saturated heterocycles. The highest BCUT2D eigenvalue weighted by Gasteiger charge is 2.02. The van der Waals surface area contributed by atoms with Gasteiger partial charge in [0, 0.05) is 25.4 Å².